The molecule has 1 aromatic rings. The minimum atomic E-state index is -1.21. The van der Waals surface area contributed by atoms with Crippen LogP contribution in [0.4, 0.5) is 13.6 Å². The minimum absolute atomic E-state index is 0.118. The Balaban J connectivity index is 2.78. The van der Waals surface area contributed by atoms with E-state index in [0.717, 1.165) is 12.1 Å². The second-order valence-electron chi connectivity index (χ2n) is 5.15. The average Bonchev–Trinajstić information content (AvgIpc) is 2.23. The molecule has 1 unspecified atom stereocenters. The number of halogens is 2. The summed E-state index contributed by atoms with van der Waals surface area (Å²) in [6.45, 7) is 4.96. The fourth-order valence-electron chi connectivity index (χ4n) is 1.31. The molecule has 0 aliphatic carbocycles. The summed E-state index contributed by atoms with van der Waals surface area (Å²) >= 11 is 0.713. The van der Waals surface area contributed by atoms with Crippen molar-refractivity contribution in [1.82, 2.24) is 5.32 Å². The van der Waals surface area contributed by atoms with Crippen molar-refractivity contribution in [3.63, 3.8) is 0 Å². The first kappa shape index (κ1) is 17.2. The van der Waals surface area contributed by atoms with E-state index in [1.807, 2.05) is 0 Å². The molecule has 0 bridgehead atoms. The van der Waals surface area contributed by atoms with E-state index in [0.29, 0.717) is 17.8 Å². The lowest BCUT2D eigenvalue weighted by Gasteiger charge is -2.22. The van der Waals surface area contributed by atoms with Crippen molar-refractivity contribution in [2.75, 3.05) is 0 Å². The highest BCUT2D eigenvalue weighted by Crippen LogP contribution is 2.24. The lowest BCUT2D eigenvalue weighted by Crippen LogP contribution is -2.44. The van der Waals surface area contributed by atoms with E-state index < -0.39 is 34.6 Å². The summed E-state index contributed by atoms with van der Waals surface area (Å²) in [6, 6.07) is 2.76. The number of carbonyl (C=O) groups excluding carboxylic acids is 2. The van der Waals surface area contributed by atoms with Gasteiger partial charge in [-0.1, -0.05) is 11.8 Å². The Morgan fingerprint density at radius 1 is 1.24 bits per heavy atom. The Morgan fingerprint density at radius 3 is 2.19 bits per heavy atom. The Labute approximate surface area is 125 Å². The van der Waals surface area contributed by atoms with Gasteiger partial charge in [0.15, 0.2) is 5.37 Å². The number of amides is 2. The molecular formula is C13H16F2N2O3S. The van der Waals surface area contributed by atoms with Crippen LogP contribution >= 0.6 is 11.8 Å². The van der Waals surface area contributed by atoms with Gasteiger partial charge in [-0.25, -0.2) is 13.6 Å². The van der Waals surface area contributed by atoms with Crippen LogP contribution < -0.4 is 11.1 Å². The number of thioether (sulfide) groups is 1. The molecule has 8 heteroatoms. The van der Waals surface area contributed by atoms with E-state index in [4.69, 9.17) is 10.5 Å². The number of benzene rings is 1. The van der Waals surface area contributed by atoms with Gasteiger partial charge in [0.2, 0.25) is 0 Å². The largest absolute Gasteiger partial charge is 0.444 e. The Bertz CT molecular complexity index is 526. The first-order chi connectivity index (χ1) is 9.56. The quantitative estimate of drug-likeness (QED) is 0.660. The molecule has 2 amide bonds. The molecular weight excluding hydrogens is 302 g/mol. The van der Waals surface area contributed by atoms with Crippen LogP contribution in [0.15, 0.2) is 23.1 Å². The highest BCUT2D eigenvalue weighted by atomic mass is 32.2. The first-order valence-electron chi connectivity index (χ1n) is 5.98. The van der Waals surface area contributed by atoms with Gasteiger partial charge in [0, 0.05) is 11.0 Å². The standard InChI is InChI=1S/C13H16F2N2O3S/c1-13(2,3)20-12(19)17-11(10(16)18)21-9-5-7(14)4-8(15)6-9/h4-6,11H,1-3H3,(H2,16,18)(H,17,19). The van der Waals surface area contributed by atoms with Crippen molar-refractivity contribution in [3.8, 4) is 0 Å². The van der Waals surface area contributed by atoms with Gasteiger partial charge in [-0.15, -0.1) is 0 Å². The van der Waals surface area contributed by atoms with Crippen molar-refractivity contribution in [1.29, 1.82) is 0 Å². The van der Waals surface area contributed by atoms with E-state index in [9.17, 15) is 18.4 Å². The summed E-state index contributed by atoms with van der Waals surface area (Å²) in [5.74, 6) is -2.45. The second kappa shape index (κ2) is 6.75. The van der Waals surface area contributed by atoms with Crippen LogP contribution in [0.1, 0.15) is 20.8 Å². The Hall–Kier alpha value is -1.83. The summed E-state index contributed by atoms with van der Waals surface area (Å²) in [6.07, 6.45) is -0.851. The van der Waals surface area contributed by atoms with E-state index in [1.165, 1.54) is 0 Å². The number of carbonyl (C=O) groups is 2. The fourth-order valence-corrected chi connectivity index (χ4v) is 2.21. The van der Waals surface area contributed by atoms with Gasteiger partial charge in [-0.2, -0.15) is 0 Å². The monoisotopic (exact) mass is 318 g/mol. The molecule has 0 spiro atoms. The molecule has 3 N–H and O–H groups in total. The lowest BCUT2D eigenvalue weighted by molar-refractivity contribution is -0.118. The topological polar surface area (TPSA) is 81.4 Å². The van der Waals surface area contributed by atoms with E-state index in [1.54, 1.807) is 20.8 Å². The number of nitrogens with two attached hydrogens (primary N) is 1. The zero-order valence-corrected chi connectivity index (χ0v) is 12.6. The summed E-state index contributed by atoms with van der Waals surface area (Å²) in [5, 5.41) is 1.04. The van der Waals surface area contributed by atoms with Crippen molar-refractivity contribution < 1.29 is 23.1 Å². The molecule has 1 aromatic carbocycles. The van der Waals surface area contributed by atoms with Crippen molar-refractivity contribution in [3.05, 3.63) is 29.8 Å². The van der Waals surface area contributed by atoms with E-state index >= 15 is 0 Å². The number of rotatable bonds is 4. The number of hydrogen-bond donors (Lipinski definition) is 2. The van der Waals surface area contributed by atoms with E-state index in [-0.39, 0.29) is 4.90 Å². The number of alkyl carbamates (subject to hydrolysis) is 1. The molecule has 0 aromatic heterocycles. The van der Waals surface area contributed by atoms with Gasteiger partial charge in [0.05, 0.1) is 0 Å². The molecule has 1 rings (SSSR count). The molecule has 0 aliphatic rings. The smallest absolute Gasteiger partial charge is 0.408 e. The molecule has 0 fully saturated rings. The van der Waals surface area contributed by atoms with Gasteiger partial charge in [0.1, 0.15) is 17.2 Å². The van der Waals surface area contributed by atoms with Gasteiger partial charge in [0.25, 0.3) is 5.91 Å². The third-order valence-electron chi connectivity index (χ3n) is 2.00. The molecule has 116 valence electrons. The normalized spacial score (nSPS) is 12.6. The van der Waals surface area contributed by atoms with Gasteiger partial charge in [-0.3, -0.25) is 4.79 Å². The lowest BCUT2D eigenvalue weighted by atomic mass is 10.2. The fraction of sp³-hybridized carbons (Fsp3) is 0.385. The predicted octanol–water partition coefficient (Wildman–Crippen LogP) is 2.39. The van der Waals surface area contributed by atoms with Crippen LogP contribution in [-0.2, 0) is 9.53 Å². The zero-order valence-electron chi connectivity index (χ0n) is 11.8. The van der Waals surface area contributed by atoms with Crippen LogP contribution in [0.25, 0.3) is 0 Å². The summed E-state index contributed by atoms with van der Waals surface area (Å²) < 4.78 is 31.2. The number of nitrogens with one attached hydrogen (secondary N) is 1. The van der Waals surface area contributed by atoms with Crippen LogP contribution in [0.2, 0.25) is 0 Å². The van der Waals surface area contributed by atoms with E-state index in [2.05, 4.69) is 5.32 Å². The van der Waals surface area contributed by atoms with Crippen molar-refractivity contribution >= 4 is 23.8 Å². The maximum atomic E-state index is 13.1. The van der Waals surface area contributed by atoms with Crippen LogP contribution in [0.3, 0.4) is 0 Å². The van der Waals surface area contributed by atoms with Crippen molar-refractivity contribution in [2.45, 2.75) is 36.6 Å². The molecule has 0 aliphatic heterocycles. The molecule has 5 nitrogen and oxygen atoms in total. The average molecular weight is 318 g/mol. The maximum Gasteiger partial charge on any atom is 0.408 e. The summed E-state index contributed by atoms with van der Waals surface area (Å²) in [5.41, 5.74) is 4.41. The predicted molar refractivity (Wildman–Crippen MR) is 74.6 cm³/mol. The maximum absolute atomic E-state index is 13.1. The summed E-state index contributed by atoms with van der Waals surface area (Å²) in [4.78, 5) is 23.0. The van der Waals surface area contributed by atoms with Crippen molar-refractivity contribution in [2.24, 2.45) is 5.73 Å². The van der Waals surface area contributed by atoms with Gasteiger partial charge < -0.3 is 15.8 Å². The van der Waals surface area contributed by atoms with Crippen LogP contribution in [0.5, 0.6) is 0 Å². The molecule has 0 saturated carbocycles. The molecule has 1 atom stereocenters. The van der Waals surface area contributed by atoms with Crippen LogP contribution in [0, 0.1) is 11.6 Å². The Morgan fingerprint density at radius 2 is 1.76 bits per heavy atom. The van der Waals surface area contributed by atoms with Gasteiger partial charge >= 0.3 is 6.09 Å². The van der Waals surface area contributed by atoms with Crippen LogP contribution in [-0.4, -0.2) is 23.0 Å². The second-order valence-corrected chi connectivity index (χ2v) is 6.33. The molecule has 0 radical (unpaired) electrons. The SMILES string of the molecule is CC(C)(C)OC(=O)NC(Sc1cc(F)cc(F)c1)C(N)=O. The number of hydrogen-bond acceptors (Lipinski definition) is 4. The number of ether oxygens (including phenoxy) is 1. The third-order valence-corrected chi connectivity index (χ3v) is 3.09. The number of primary amides is 1. The molecule has 0 heterocycles. The minimum Gasteiger partial charge on any atom is -0.444 e. The summed E-state index contributed by atoms with van der Waals surface area (Å²) in [7, 11) is 0. The molecule has 0 saturated heterocycles. The first-order valence-corrected chi connectivity index (χ1v) is 6.86. The highest BCUT2D eigenvalue weighted by molar-refractivity contribution is 8.00. The highest BCUT2D eigenvalue weighted by Gasteiger charge is 2.24. The Kier molecular flexibility index (Phi) is 5.54. The molecule has 21 heavy (non-hydrogen) atoms. The zero-order chi connectivity index (χ0) is 16.2. The third kappa shape index (κ3) is 6.44. The van der Waals surface area contributed by atoms with Gasteiger partial charge in [-0.05, 0) is 32.9 Å².